The number of para-hydroxylation sites is 1. The third-order valence-electron chi connectivity index (χ3n) is 3.63. The number of nitrogens with two attached hydrogens (primary N) is 1. The van der Waals surface area contributed by atoms with Crippen LogP contribution in [0.15, 0.2) is 65.6 Å². The van der Waals surface area contributed by atoms with Crippen LogP contribution in [-0.2, 0) is 19.1 Å². The van der Waals surface area contributed by atoms with Crippen LogP contribution in [0.1, 0.15) is 12.8 Å². The zero-order valence-corrected chi connectivity index (χ0v) is 15.7. The van der Waals surface area contributed by atoms with E-state index in [1.54, 1.807) is 36.0 Å². The Morgan fingerprint density at radius 2 is 1.56 bits per heavy atom. The molecular formula is C20H22N2O4S. The third kappa shape index (κ3) is 7.53. The Bertz CT molecular complexity index is 753. The molecule has 2 amide bonds. The first kappa shape index (κ1) is 20.5. The molecule has 0 aromatic heterocycles. The molecule has 0 aliphatic heterocycles. The molecule has 6 nitrogen and oxygen atoms in total. The number of thioether (sulfide) groups is 1. The Kier molecular flexibility index (Phi) is 8.38. The van der Waals surface area contributed by atoms with Crippen molar-refractivity contribution >= 4 is 35.2 Å². The summed E-state index contributed by atoms with van der Waals surface area (Å²) in [5, 5.41) is 0. The van der Waals surface area contributed by atoms with Crippen LogP contribution in [-0.4, -0.2) is 36.7 Å². The number of anilines is 1. The first-order valence-corrected chi connectivity index (χ1v) is 9.52. The van der Waals surface area contributed by atoms with Crippen molar-refractivity contribution in [3.05, 3.63) is 60.7 Å². The van der Waals surface area contributed by atoms with Gasteiger partial charge < -0.3 is 15.4 Å². The van der Waals surface area contributed by atoms with Crippen LogP contribution in [0.3, 0.4) is 0 Å². The predicted molar refractivity (Wildman–Crippen MR) is 105 cm³/mol. The molecule has 2 aromatic carbocycles. The van der Waals surface area contributed by atoms with E-state index in [9.17, 15) is 14.4 Å². The standard InChI is InChI=1S/C20H22N2O4S/c21-18(23)11-13-22(16-7-3-1-4-8-16)19(24)15-26-20(25)12-14-27-17-9-5-2-6-10-17/h1-10H,11-15H2,(H2,21,23). The maximum Gasteiger partial charge on any atom is 0.307 e. The van der Waals surface area contributed by atoms with Gasteiger partial charge in [-0.2, -0.15) is 0 Å². The molecule has 0 aliphatic rings. The van der Waals surface area contributed by atoms with Crippen molar-refractivity contribution in [1.29, 1.82) is 0 Å². The number of carbonyl (C=O) groups excluding carboxylic acids is 3. The van der Waals surface area contributed by atoms with Crippen LogP contribution in [0.2, 0.25) is 0 Å². The Morgan fingerprint density at radius 1 is 0.926 bits per heavy atom. The number of amides is 2. The van der Waals surface area contributed by atoms with Gasteiger partial charge >= 0.3 is 5.97 Å². The highest BCUT2D eigenvalue weighted by molar-refractivity contribution is 7.99. The van der Waals surface area contributed by atoms with Crippen LogP contribution in [0.4, 0.5) is 5.69 Å². The lowest BCUT2D eigenvalue weighted by molar-refractivity contribution is -0.147. The molecular weight excluding hydrogens is 364 g/mol. The van der Waals surface area contributed by atoms with Crippen LogP contribution in [0, 0.1) is 0 Å². The molecule has 2 rings (SSSR count). The van der Waals surface area contributed by atoms with Crippen molar-refractivity contribution in [3.8, 4) is 0 Å². The fourth-order valence-corrected chi connectivity index (χ4v) is 3.14. The second kappa shape index (κ2) is 11.0. The molecule has 0 saturated carbocycles. The van der Waals surface area contributed by atoms with Gasteiger partial charge in [0.1, 0.15) is 0 Å². The van der Waals surface area contributed by atoms with Crippen molar-refractivity contribution in [2.24, 2.45) is 5.73 Å². The summed E-state index contributed by atoms with van der Waals surface area (Å²) in [6, 6.07) is 18.6. The van der Waals surface area contributed by atoms with Crippen molar-refractivity contribution in [1.82, 2.24) is 0 Å². The molecule has 0 atom stereocenters. The first-order chi connectivity index (χ1) is 13.1. The molecule has 0 aliphatic carbocycles. The molecule has 2 N–H and O–H groups in total. The van der Waals surface area contributed by atoms with Gasteiger partial charge in [-0.3, -0.25) is 14.4 Å². The summed E-state index contributed by atoms with van der Waals surface area (Å²) in [4.78, 5) is 37.9. The number of nitrogens with zero attached hydrogens (tertiary/aromatic N) is 1. The van der Waals surface area contributed by atoms with E-state index in [1.165, 1.54) is 4.90 Å². The molecule has 0 fully saturated rings. The lowest BCUT2D eigenvalue weighted by Gasteiger charge is -2.22. The number of hydrogen-bond acceptors (Lipinski definition) is 5. The lowest BCUT2D eigenvalue weighted by atomic mass is 10.2. The fourth-order valence-electron chi connectivity index (χ4n) is 2.29. The van der Waals surface area contributed by atoms with E-state index in [1.807, 2.05) is 36.4 Å². The maximum atomic E-state index is 12.4. The third-order valence-corrected chi connectivity index (χ3v) is 4.64. The summed E-state index contributed by atoms with van der Waals surface area (Å²) < 4.78 is 5.09. The Labute approximate surface area is 162 Å². The van der Waals surface area contributed by atoms with E-state index in [4.69, 9.17) is 10.5 Å². The summed E-state index contributed by atoms with van der Waals surface area (Å²) >= 11 is 1.55. The van der Waals surface area contributed by atoms with Crippen LogP contribution in [0.5, 0.6) is 0 Å². The number of carbonyl (C=O) groups is 3. The van der Waals surface area contributed by atoms with Gasteiger partial charge in [0.15, 0.2) is 6.61 Å². The molecule has 0 unspecified atom stereocenters. The van der Waals surface area contributed by atoms with E-state index >= 15 is 0 Å². The second-order valence-electron chi connectivity index (χ2n) is 5.67. The summed E-state index contributed by atoms with van der Waals surface area (Å²) in [5.41, 5.74) is 5.80. The molecule has 142 valence electrons. The highest BCUT2D eigenvalue weighted by Gasteiger charge is 2.18. The quantitative estimate of drug-likeness (QED) is 0.501. The van der Waals surface area contributed by atoms with Gasteiger partial charge in [0.25, 0.3) is 5.91 Å². The van der Waals surface area contributed by atoms with Crippen molar-refractivity contribution in [2.45, 2.75) is 17.7 Å². The predicted octanol–water partition coefficient (Wildman–Crippen LogP) is 2.62. The second-order valence-corrected chi connectivity index (χ2v) is 6.84. The zero-order valence-electron chi connectivity index (χ0n) is 14.9. The van der Waals surface area contributed by atoms with Crippen LogP contribution in [0.25, 0.3) is 0 Å². The van der Waals surface area contributed by atoms with Crippen LogP contribution >= 0.6 is 11.8 Å². The summed E-state index contributed by atoms with van der Waals surface area (Å²) in [6.45, 7) is -0.234. The SMILES string of the molecule is NC(=O)CCN(C(=O)COC(=O)CCSc1ccccc1)c1ccccc1. The van der Waals surface area contributed by atoms with E-state index in [0.717, 1.165) is 4.90 Å². The molecule has 0 spiro atoms. The van der Waals surface area contributed by atoms with E-state index in [-0.39, 0.29) is 26.0 Å². The minimum atomic E-state index is -0.501. The van der Waals surface area contributed by atoms with Gasteiger partial charge in [-0.25, -0.2) is 0 Å². The van der Waals surface area contributed by atoms with E-state index in [2.05, 4.69) is 0 Å². The van der Waals surface area contributed by atoms with Crippen molar-refractivity contribution < 1.29 is 19.1 Å². The normalized spacial score (nSPS) is 10.2. The molecule has 2 aromatic rings. The molecule has 27 heavy (non-hydrogen) atoms. The van der Waals surface area contributed by atoms with Crippen molar-refractivity contribution in [2.75, 3.05) is 23.8 Å². The lowest BCUT2D eigenvalue weighted by Crippen LogP contribution is -2.37. The number of rotatable bonds is 10. The number of esters is 1. The average molecular weight is 386 g/mol. The zero-order chi connectivity index (χ0) is 19.5. The van der Waals surface area contributed by atoms with Crippen LogP contribution < -0.4 is 10.6 Å². The number of primary amides is 1. The van der Waals surface area contributed by atoms with Crippen molar-refractivity contribution in [3.63, 3.8) is 0 Å². The largest absolute Gasteiger partial charge is 0.456 e. The number of hydrogen-bond donors (Lipinski definition) is 1. The fraction of sp³-hybridized carbons (Fsp3) is 0.250. The highest BCUT2D eigenvalue weighted by Crippen LogP contribution is 2.18. The highest BCUT2D eigenvalue weighted by atomic mass is 32.2. The molecule has 0 heterocycles. The Balaban J connectivity index is 1.81. The topological polar surface area (TPSA) is 89.7 Å². The van der Waals surface area contributed by atoms with Gasteiger partial charge in [-0.15, -0.1) is 11.8 Å². The Hall–Kier alpha value is -2.80. The smallest absolute Gasteiger partial charge is 0.307 e. The Morgan fingerprint density at radius 3 is 2.19 bits per heavy atom. The summed E-state index contributed by atoms with van der Waals surface area (Å²) in [6.07, 6.45) is 0.238. The van der Waals surface area contributed by atoms with E-state index in [0.29, 0.717) is 11.4 Å². The number of benzene rings is 2. The first-order valence-electron chi connectivity index (χ1n) is 8.53. The van der Waals surface area contributed by atoms with Gasteiger partial charge in [-0.05, 0) is 24.3 Å². The van der Waals surface area contributed by atoms with Gasteiger partial charge in [-0.1, -0.05) is 36.4 Å². The maximum absolute atomic E-state index is 12.4. The minimum Gasteiger partial charge on any atom is -0.456 e. The molecule has 7 heteroatoms. The van der Waals surface area contributed by atoms with E-state index < -0.39 is 17.8 Å². The monoisotopic (exact) mass is 386 g/mol. The van der Waals surface area contributed by atoms with Gasteiger partial charge in [0.05, 0.1) is 6.42 Å². The van der Waals surface area contributed by atoms with Gasteiger partial charge in [0, 0.05) is 29.3 Å². The molecule has 0 saturated heterocycles. The summed E-state index contributed by atoms with van der Waals surface area (Å²) in [7, 11) is 0. The number of ether oxygens (including phenoxy) is 1. The molecule has 0 radical (unpaired) electrons. The molecule has 0 bridgehead atoms. The summed E-state index contributed by atoms with van der Waals surface area (Å²) in [5.74, 6) is -0.763. The average Bonchev–Trinajstić information content (AvgIpc) is 2.68. The van der Waals surface area contributed by atoms with Gasteiger partial charge in [0.2, 0.25) is 5.91 Å². The minimum absolute atomic E-state index is 0.0301.